The van der Waals surface area contributed by atoms with Crippen LogP contribution in [0.25, 0.3) is 0 Å². The van der Waals surface area contributed by atoms with Gasteiger partial charge in [-0.1, -0.05) is 55.8 Å². The van der Waals surface area contributed by atoms with E-state index in [1.807, 2.05) is 36.2 Å². The summed E-state index contributed by atoms with van der Waals surface area (Å²) in [5, 5.41) is 7.28. The first-order valence-electron chi connectivity index (χ1n) is 13.0. The molecule has 1 aliphatic rings. The number of ether oxygens (including phenoxy) is 2. The number of nitrogens with one attached hydrogen (secondary N) is 2. The first kappa shape index (κ1) is 28.9. The van der Waals surface area contributed by atoms with E-state index in [0.717, 1.165) is 24.9 Å². The largest absolute Gasteiger partial charge is 0.385 e. The number of methoxy groups -OCH3 is 1. The van der Waals surface area contributed by atoms with Crippen LogP contribution in [0.4, 0.5) is 4.79 Å². The first-order valence-corrected chi connectivity index (χ1v) is 13.4. The highest BCUT2D eigenvalue weighted by Gasteiger charge is 2.25. The van der Waals surface area contributed by atoms with Crippen LogP contribution in [0, 0.1) is 5.92 Å². The fourth-order valence-electron chi connectivity index (χ4n) is 4.85. The van der Waals surface area contributed by atoms with Gasteiger partial charge in [0.15, 0.2) is 0 Å². The lowest BCUT2D eigenvalue weighted by molar-refractivity contribution is 0.0278. The molecule has 2 amide bonds. The summed E-state index contributed by atoms with van der Waals surface area (Å²) in [5.74, 6) is 0.715. The van der Waals surface area contributed by atoms with Crippen molar-refractivity contribution >= 4 is 17.6 Å². The minimum Gasteiger partial charge on any atom is -0.385 e. The lowest BCUT2D eigenvalue weighted by Crippen LogP contribution is -2.51. The molecule has 2 rings (SSSR count). The molecule has 2 atom stereocenters. The molecule has 0 spiro atoms. The summed E-state index contributed by atoms with van der Waals surface area (Å²) >= 11 is 6.25. The Kier molecular flexibility index (Phi) is 13.9. The highest BCUT2D eigenvalue weighted by molar-refractivity contribution is 6.30. The first-order chi connectivity index (χ1) is 16.4. The van der Waals surface area contributed by atoms with Crippen LogP contribution >= 0.6 is 11.6 Å². The third kappa shape index (κ3) is 10.5. The van der Waals surface area contributed by atoms with Gasteiger partial charge < -0.3 is 25.0 Å². The number of rotatable bonds is 15. The number of carbonyl (C=O) groups excluding carboxylic acids is 1. The van der Waals surface area contributed by atoms with Crippen molar-refractivity contribution < 1.29 is 14.3 Å². The van der Waals surface area contributed by atoms with E-state index in [0.29, 0.717) is 37.1 Å². The van der Waals surface area contributed by atoms with Crippen LogP contribution in [-0.4, -0.2) is 63.5 Å². The average Bonchev–Trinajstić information content (AvgIpc) is 2.81. The average molecular weight is 496 g/mol. The van der Waals surface area contributed by atoms with E-state index in [-0.39, 0.29) is 24.2 Å². The molecule has 7 heteroatoms. The van der Waals surface area contributed by atoms with E-state index in [2.05, 4.69) is 24.5 Å². The zero-order valence-corrected chi connectivity index (χ0v) is 22.4. The fraction of sp³-hybridized carbons (Fsp3) is 0.741. The summed E-state index contributed by atoms with van der Waals surface area (Å²) in [5.41, 5.74) is 1.04. The standard InChI is InChI=1S/C27H46ClN3O3/c1-21(2)31(27(32)30-25(20-29-3)18-22-10-6-5-7-11-22)15-14-26(34-17-9-16-33-4)23-12-8-13-24(28)19-23/h8,12-13,19,21-22,25-26,29H,5-7,9-11,14-18,20H2,1-4H3,(H,30,32)/t25-,26?/m0/s1. The number of carbonyl (C=O) groups is 1. The van der Waals surface area contributed by atoms with Gasteiger partial charge in [0.1, 0.15) is 0 Å². The highest BCUT2D eigenvalue weighted by Crippen LogP contribution is 2.28. The lowest BCUT2D eigenvalue weighted by atomic mass is 9.85. The molecule has 0 aliphatic heterocycles. The van der Waals surface area contributed by atoms with E-state index in [4.69, 9.17) is 21.1 Å². The summed E-state index contributed by atoms with van der Waals surface area (Å²) in [6.07, 6.45) is 9.01. The van der Waals surface area contributed by atoms with E-state index in [1.54, 1.807) is 7.11 Å². The van der Waals surface area contributed by atoms with Crippen molar-refractivity contribution in [3.8, 4) is 0 Å². The Balaban J connectivity index is 2.00. The van der Waals surface area contributed by atoms with Gasteiger partial charge in [0.2, 0.25) is 0 Å². The van der Waals surface area contributed by atoms with Crippen molar-refractivity contribution in [2.45, 2.75) is 83.4 Å². The van der Waals surface area contributed by atoms with Crippen LogP contribution in [0.3, 0.4) is 0 Å². The van der Waals surface area contributed by atoms with Gasteiger partial charge in [-0.25, -0.2) is 4.79 Å². The third-order valence-electron chi connectivity index (χ3n) is 6.67. The zero-order chi connectivity index (χ0) is 24.8. The molecule has 0 bridgehead atoms. The number of likely N-dealkylation sites (N-methyl/N-ethyl adjacent to an activating group) is 1. The summed E-state index contributed by atoms with van der Waals surface area (Å²) in [7, 11) is 3.65. The van der Waals surface area contributed by atoms with Crippen molar-refractivity contribution in [1.29, 1.82) is 0 Å². The molecule has 1 aromatic rings. The molecule has 0 saturated heterocycles. The number of nitrogens with zero attached hydrogens (tertiary/aromatic N) is 1. The van der Waals surface area contributed by atoms with Crippen LogP contribution in [-0.2, 0) is 9.47 Å². The number of halogens is 1. The zero-order valence-electron chi connectivity index (χ0n) is 21.7. The van der Waals surface area contributed by atoms with Gasteiger partial charge in [-0.15, -0.1) is 0 Å². The minimum absolute atomic E-state index is 0.00952. The summed E-state index contributed by atoms with van der Waals surface area (Å²) < 4.78 is 11.4. The summed E-state index contributed by atoms with van der Waals surface area (Å²) in [6, 6.07) is 8.07. The summed E-state index contributed by atoms with van der Waals surface area (Å²) in [6.45, 7) is 6.81. The normalized spacial score (nSPS) is 16.4. The van der Waals surface area contributed by atoms with E-state index >= 15 is 0 Å². The monoisotopic (exact) mass is 495 g/mol. The smallest absolute Gasteiger partial charge is 0.317 e. The van der Waals surface area contributed by atoms with Crippen LogP contribution in [0.1, 0.15) is 76.9 Å². The number of hydrogen-bond donors (Lipinski definition) is 2. The van der Waals surface area contributed by atoms with E-state index in [1.165, 1.54) is 32.1 Å². The van der Waals surface area contributed by atoms with Crippen molar-refractivity contribution in [3.63, 3.8) is 0 Å². The van der Waals surface area contributed by atoms with Gasteiger partial charge in [0, 0.05) is 50.5 Å². The second-order valence-electron chi connectivity index (χ2n) is 9.78. The SMILES string of the molecule is CNC[C@H](CC1CCCCC1)NC(=O)N(CCC(OCCCOC)c1cccc(Cl)c1)C(C)C. The van der Waals surface area contributed by atoms with Crippen LogP contribution in [0.2, 0.25) is 5.02 Å². The number of amides is 2. The number of hydrogen-bond acceptors (Lipinski definition) is 4. The van der Waals surface area contributed by atoms with Crippen molar-refractivity contribution in [3.05, 3.63) is 34.9 Å². The Morgan fingerprint density at radius 2 is 1.97 bits per heavy atom. The second-order valence-corrected chi connectivity index (χ2v) is 10.2. The van der Waals surface area contributed by atoms with Crippen LogP contribution in [0.5, 0.6) is 0 Å². The maximum Gasteiger partial charge on any atom is 0.317 e. The molecule has 2 N–H and O–H groups in total. The molecular formula is C27H46ClN3O3. The molecule has 34 heavy (non-hydrogen) atoms. The van der Waals surface area contributed by atoms with Crippen LogP contribution in [0.15, 0.2) is 24.3 Å². The predicted octanol–water partition coefficient (Wildman–Crippen LogP) is 5.80. The Labute approximate surface area is 212 Å². The van der Waals surface area contributed by atoms with Crippen molar-refractivity contribution in [2.75, 3.05) is 40.5 Å². The lowest BCUT2D eigenvalue weighted by Gasteiger charge is -2.32. The van der Waals surface area contributed by atoms with Crippen LogP contribution < -0.4 is 10.6 Å². The third-order valence-corrected chi connectivity index (χ3v) is 6.90. The molecule has 1 aromatic carbocycles. The second kappa shape index (κ2) is 16.4. The van der Waals surface area contributed by atoms with Gasteiger partial charge in [-0.3, -0.25) is 0 Å². The molecule has 194 valence electrons. The van der Waals surface area contributed by atoms with E-state index in [9.17, 15) is 4.79 Å². The highest BCUT2D eigenvalue weighted by atomic mass is 35.5. The number of urea groups is 1. The van der Waals surface area contributed by atoms with Gasteiger partial charge in [-0.2, -0.15) is 0 Å². The maximum absolute atomic E-state index is 13.3. The molecule has 6 nitrogen and oxygen atoms in total. The summed E-state index contributed by atoms with van der Waals surface area (Å²) in [4.78, 5) is 15.3. The van der Waals surface area contributed by atoms with Gasteiger partial charge in [0.25, 0.3) is 0 Å². The Hall–Kier alpha value is -1.34. The Bertz CT molecular complexity index is 697. The molecule has 1 unspecified atom stereocenters. The van der Waals surface area contributed by atoms with Crippen molar-refractivity contribution in [2.24, 2.45) is 5.92 Å². The maximum atomic E-state index is 13.3. The Morgan fingerprint density at radius 1 is 1.21 bits per heavy atom. The quantitative estimate of drug-likeness (QED) is 0.302. The van der Waals surface area contributed by atoms with Gasteiger partial charge >= 0.3 is 6.03 Å². The minimum atomic E-state index is -0.125. The van der Waals surface area contributed by atoms with Gasteiger partial charge in [0.05, 0.1) is 6.10 Å². The molecule has 0 aromatic heterocycles. The topological polar surface area (TPSA) is 62.8 Å². The fourth-order valence-corrected chi connectivity index (χ4v) is 5.05. The van der Waals surface area contributed by atoms with E-state index < -0.39 is 0 Å². The molecular weight excluding hydrogens is 450 g/mol. The predicted molar refractivity (Wildman–Crippen MR) is 141 cm³/mol. The molecule has 1 aliphatic carbocycles. The molecule has 0 radical (unpaired) electrons. The van der Waals surface area contributed by atoms with Crippen molar-refractivity contribution in [1.82, 2.24) is 15.5 Å². The van der Waals surface area contributed by atoms with Gasteiger partial charge in [-0.05, 0) is 63.8 Å². The molecule has 1 saturated carbocycles. The Morgan fingerprint density at radius 3 is 2.62 bits per heavy atom. The molecule has 1 fully saturated rings. The number of benzene rings is 1. The molecule has 0 heterocycles.